The fourth-order valence-corrected chi connectivity index (χ4v) is 2.94. The molecule has 1 fully saturated rings. The van der Waals surface area contributed by atoms with E-state index in [9.17, 15) is 9.59 Å². The van der Waals surface area contributed by atoms with Gasteiger partial charge in [-0.25, -0.2) is 9.78 Å². The van der Waals surface area contributed by atoms with Gasteiger partial charge >= 0.3 is 5.97 Å². The Morgan fingerprint density at radius 1 is 1.56 bits per heavy atom. The Hall–Kier alpha value is -1.43. The molecular weight excluding hydrogens is 252 g/mol. The lowest BCUT2D eigenvalue weighted by Crippen LogP contribution is -2.40. The largest absolute Gasteiger partial charge is 0.480 e. The zero-order valence-electron chi connectivity index (χ0n) is 10.4. The Morgan fingerprint density at radius 2 is 2.28 bits per heavy atom. The smallest absolute Gasteiger partial charge is 0.326 e. The van der Waals surface area contributed by atoms with Gasteiger partial charge in [-0.15, -0.1) is 11.3 Å². The standard InChI is InChI=1S/C12H16N2O3S/c1-7(2)10-13-6-9(18-10)11(15)14-5-3-4-8(14)12(16)17/h6-8H,3-5H2,1-2H3,(H,16,17)/t8-/m0/s1. The van der Waals surface area contributed by atoms with E-state index in [0.29, 0.717) is 17.8 Å². The van der Waals surface area contributed by atoms with Gasteiger partial charge in [0.1, 0.15) is 10.9 Å². The van der Waals surface area contributed by atoms with Crippen LogP contribution >= 0.6 is 11.3 Å². The maximum Gasteiger partial charge on any atom is 0.326 e. The molecule has 1 aliphatic heterocycles. The molecule has 2 heterocycles. The highest BCUT2D eigenvalue weighted by atomic mass is 32.1. The van der Waals surface area contributed by atoms with E-state index in [-0.39, 0.29) is 11.8 Å². The first-order valence-corrected chi connectivity index (χ1v) is 6.82. The number of thiazole rings is 1. The van der Waals surface area contributed by atoms with Crippen LogP contribution in [0.4, 0.5) is 0 Å². The maximum absolute atomic E-state index is 12.2. The molecule has 0 aliphatic carbocycles. The van der Waals surface area contributed by atoms with Crippen molar-refractivity contribution in [2.45, 2.75) is 38.6 Å². The highest BCUT2D eigenvalue weighted by Gasteiger charge is 2.35. The van der Waals surface area contributed by atoms with Crippen LogP contribution in [-0.4, -0.2) is 39.5 Å². The number of likely N-dealkylation sites (tertiary alicyclic amines) is 1. The van der Waals surface area contributed by atoms with E-state index in [4.69, 9.17) is 5.11 Å². The number of aromatic nitrogens is 1. The second kappa shape index (κ2) is 5.06. The first-order valence-electron chi connectivity index (χ1n) is 6.00. The molecule has 0 spiro atoms. The van der Waals surface area contributed by atoms with Gasteiger partial charge in [0, 0.05) is 12.5 Å². The van der Waals surface area contributed by atoms with Gasteiger partial charge in [0.2, 0.25) is 0 Å². The van der Waals surface area contributed by atoms with Crippen molar-refractivity contribution in [3.8, 4) is 0 Å². The normalized spacial score (nSPS) is 19.5. The van der Waals surface area contributed by atoms with E-state index >= 15 is 0 Å². The molecule has 2 rings (SSSR count). The minimum absolute atomic E-state index is 0.204. The molecule has 1 amide bonds. The topological polar surface area (TPSA) is 70.5 Å². The minimum Gasteiger partial charge on any atom is -0.480 e. The molecule has 0 unspecified atom stereocenters. The van der Waals surface area contributed by atoms with E-state index in [1.807, 2.05) is 13.8 Å². The van der Waals surface area contributed by atoms with Crippen molar-refractivity contribution in [1.29, 1.82) is 0 Å². The van der Waals surface area contributed by atoms with E-state index in [2.05, 4.69) is 4.98 Å². The van der Waals surface area contributed by atoms with Gasteiger partial charge in [-0.05, 0) is 12.8 Å². The molecule has 1 N–H and O–H groups in total. The highest BCUT2D eigenvalue weighted by molar-refractivity contribution is 7.13. The van der Waals surface area contributed by atoms with Crippen LogP contribution in [0.2, 0.25) is 0 Å². The molecule has 1 aliphatic rings. The Balaban J connectivity index is 2.17. The van der Waals surface area contributed by atoms with Gasteiger partial charge in [0.25, 0.3) is 5.91 Å². The SMILES string of the molecule is CC(C)c1ncc(C(=O)N2CCC[C@H]2C(=O)O)s1. The number of carbonyl (C=O) groups excluding carboxylic acids is 1. The van der Waals surface area contributed by atoms with Crippen LogP contribution in [0, 0.1) is 0 Å². The number of carboxylic acids is 1. The molecule has 1 aromatic rings. The minimum atomic E-state index is -0.922. The lowest BCUT2D eigenvalue weighted by Gasteiger charge is -2.20. The summed E-state index contributed by atoms with van der Waals surface area (Å²) in [6.07, 6.45) is 2.84. The number of hydrogen-bond donors (Lipinski definition) is 1. The second-order valence-corrected chi connectivity index (χ2v) is 5.77. The third kappa shape index (κ3) is 2.38. The fraction of sp³-hybridized carbons (Fsp3) is 0.583. The van der Waals surface area contributed by atoms with Crippen molar-refractivity contribution in [3.05, 3.63) is 16.1 Å². The Morgan fingerprint density at radius 3 is 2.83 bits per heavy atom. The number of carboxylic acid groups (broad SMARTS) is 1. The van der Waals surface area contributed by atoms with Crippen molar-refractivity contribution >= 4 is 23.2 Å². The van der Waals surface area contributed by atoms with Crippen molar-refractivity contribution in [3.63, 3.8) is 0 Å². The lowest BCUT2D eigenvalue weighted by atomic mass is 10.2. The molecule has 18 heavy (non-hydrogen) atoms. The third-order valence-electron chi connectivity index (χ3n) is 3.03. The zero-order chi connectivity index (χ0) is 13.3. The average molecular weight is 268 g/mol. The number of rotatable bonds is 3. The predicted octanol–water partition coefficient (Wildman–Crippen LogP) is 1.96. The summed E-state index contributed by atoms with van der Waals surface area (Å²) in [5, 5.41) is 9.97. The van der Waals surface area contributed by atoms with Crippen molar-refractivity contribution in [2.75, 3.05) is 6.54 Å². The van der Waals surface area contributed by atoms with Crippen LogP contribution in [-0.2, 0) is 4.79 Å². The number of hydrogen-bond acceptors (Lipinski definition) is 4. The van der Waals surface area contributed by atoms with E-state index in [1.165, 1.54) is 16.2 Å². The Kier molecular flexibility index (Phi) is 3.65. The summed E-state index contributed by atoms with van der Waals surface area (Å²) in [5.41, 5.74) is 0. The van der Waals surface area contributed by atoms with Crippen LogP contribution in [0.15, 0.2) is 6.20 Å². The van der Waals surface area contributed by atoms with Crippen LogP contribution in [0.5, 0.6) is 0 Å². The molecule has 1 atom stereocenters. The van der Waals surface area contributed by atoms with Gasteiger partial charge in [-0.2, -0.15) is 0 Å². The zero-order valence-corrected chi connectivity index (χ0v) is 11.2. The summed E-state index contributed by atoms with van der Waals surface area (Å²) < 4.78 is 0. The molecule has 5 nitrogen and oxygen atoms in total. The van der Waals surface area contributed by atoms with Gasteiger partial charge in [0.15, 0.2) is 0 Å². The number of carbonyl (C=O) groups is 2. The predicted molar refractivity (Wildman–Crippen MR) is 67.9 cm³/mol. The highest BCUT2D eigenvalue weighted by Crippen LogP contribution is 2.25. The number of nitrogens with zero attached hydrogens (tertiary/aromatic N) is 2. The first-order chi connectivity index (χ1) is 8.50. The summed E-state index contributed by atoms with van der Waals surface area (Å²) in [4.78, 5) is 29.5. The van der Waals surface area contributed by atoms with Crippen LogP contribution in [0.1, 0.15) is 47.3 Å². The fourth-order valence-electron chi connectivity index (χ4n) is 2.06. The molecular formula is C12H16N2O3S. The van der Waals surface area contributed by atoms with Crippen LogP contribution < -0.4 is 0 Å². The van der Waals surface area contributed by atoms with Crippen molar-refractivity contribution in [1.82, 2.24) is 9.88 Å². The Labute approximate surface area is 109 Å². The van der Waals surface area contributed by atoms with Crippen molar-refractivity contribution < 1.29 is 14.7 Å². The maximum atomic E-state index is 12.2. The summed E-state index contributed by atoms with van der Waals surface area (Å²) >= 11 is 1.35. The monoisotopic (exact) mass is 268 g/mol. The molecule has 6 heteroatoms. The number of aliphatic carboxylic acids is 1. The average Bonchev–Trinajstić information content (AvgIpc) is 2.97. The lowest BCUT2D eigenvalue weighted by molar-refractivity contribution is -0.141. The van der Waals surface area contributed by atoms with Gasteiger partial charge < -0.3 is 10.0 Å². The van der Waals surface area contributed by atoms with Gasteiger partial charge in [-0.3, -0.25) is 4.79 Å². The van der Waals surface area contributed by atoms with Gasteiger partial charge in [0.05, 0.1) is 11.2 Å². The molecule has 98 valence electrons. The molecule has 0 radical (unpaired) electrons. The molecule has 0 saturated carbocycles. The van der Waals surface area contributed by atoms with Crippen LogP contribution in [0.25, 0.3) is 0 Å². The molecule has 0 bridgehead atoms. The summed E-state index contributed by atoms with van der Waals surface area (Å²) in [7, 11) is 0. The van der Waals surface area contributed by atoms with Gasteiger partial charge in [-0.1, -0.05) is 13.8 Å². The van der Waals surface area contributed by atoms with E-state index in [1.54, 1.807) is 6.20 Å². The summed E-state index contributed by atoms with van der Waals surface area (Å²) in [6, 6.07) is -0.679. The van der Waals surface area contributed by atoms with Crippen molar-refractivity contribution in [2.24, 2.45) is 0 Å². The number of amides is 1. The summed E-state index contributed by atoms with van der Waals surface area (Å²) in [5.74, 6) is -0.843. The first kappa shape index (κ1) is 13.0. The van der Waals surface area contributed by atoms with E-state index < -0.39 is 12.0 Å². The Bertz CT molecular complexity index is 470. The molecule has 1 saturated heterocycles. The quantitative estimate of drug-likeness (QED) is 0.909. The van der Waals surface area contributed by atoms with E-state index in [0.717, 1.165) is 11.4 Å². The van der Waals surface area contributed by atoms with Crippen LogP contribution in [0.3, 0.4) is 0 Å². The molecule has 0 aromatic carbocycles. The molecule has 1 aromatic heterocycles. The summed E-state index contributed by atoms with van der Waals surface area (Å²) in [6.45, 7) is 4.55. The second-order valence-electron chi connectivity index (χ2n) is 4.71. The third-order valence-corrected chi connectivity index (χ3v) is 4.31.